The molecule has 0 bridgehead atoms. The zero-order chi connectivity index (χ0) is 29.7. The molecule has 5 atom stereocenters. The normalized spacial score (nSPS) is 30.0. The van der Waals surface area contributed by atoms with Crippen LogP contribution in [-0.4, -0.2) is 110 Å². The van der Waals surface area contributed by atoms with Gasteiger partial charge in [-0.25, -0.2) is 0 Å². The topological polar surface area (TPSA) is 171 Å². The Labute approximate surface area is 241 Å². The number of aliphatic hydroxyl groups excluding tert-OH is 2. The molecule has 1 amide bonds. The molecule has 40 heavy (non-hydrogen) atoms. The summed E-state index contributed by atoms with van der Waals surface area (Å²) in [6.45, 7) is 2.10. The summed E-state index contributed by atoms with van der Waals surface area (Å²) in [4.78, 5) is 44.2. The Hall–Kier alpha value is -2.67. The van der Waals surface area contributed by atoms with Crippen LogP contribution in [0.5, 0.6) is 5.75 Å². The van der Waals surface area contributed by atoms with Gasteiger partial charge in [-0.2, -0.15) is 0 Å². The van der Waals surface area contributed by atoms with E-state index in [1.807, 2.05) is 0 Å². The van der Waals surface area contributed by atoms with Crippen LogP contribution < -0.4 is 5.32 Å². The first kappa shape index (κ1) is 30.3. The zero-order valence-corrected chi connectivity index (χ0v) is 23.8. The third-order valence-electron chi connectivity index (χ3n) is 8.27. The van der Waals surface area contributed by atoms with Gasteiger partial charge in [-0.1, -0.05) is 12.1 Å². The highest BCUT2D eigenvalue weighted by molar-refractivity contribution is 6.25. The minimum Gasteiger partial charge on any atom is -0.508 e. The fraction of sp³-hybridized carbons (Fsp3) is 0.519. The molecule has 0 aliphatic heterocycles. The molecule has 0 spiro atoms. The maximum Gasteiger partial charge on any atom is 0.259 e. The number of nitrogens with one attached hydrogen (secondary N) is 1. The molecule has 0 saturated heterocycles. The fourth-order valence-corrected chi connectivity index (χ4v) is 6.74. The van der Waals surface area contributed by atoms with Crippen molar-refractivity contribution in [2.75, 3.05) is 45.6 Å². The van der Waals surface area contributed by atoms with E-state index in [0.717, 1.165) is 0 Å². The van der Waals surface area contributed by atoms with Gasteiger partial charge < -0.3 is 30.8 Å². The number of phenolic OH excluding ortho intramolecular Hbond substituents is 1. The second kappa shape index (κ2) is 11.0. The van der Waals surface area contributed by atoms with Gasteiger partial charge in [0.1, 0.15) is 22.8 Å². The fourth-order valence-electron chi connectivity index (χ4n) is 6.26. The summed E-state index contributed by atoms with van der Waals surface area (Å²) in [5.74, 6) is -7.06. The number of likely N-dealkylation sites (N-methyl/N-ethyl adjacent to an activating group) is 1. The van der Waals surface area contributed by atoms with Crippen molar-refractivity contribution in [3.05, 3.63) is 46.2 Å². The monoisotopic (exact) mass is 597 g/mol. The number of halogens is 2. The van der Waals surface area contributed by atoms with Crippen molar-refractivity contribution in [3.63, 3.8) is 0 Å². The quantitative estimate of drug-likeness (QED) is 0.144. The Bertz CT molecular complexity index is 1300. The maximum atomic E-state index is 14.1. The van der Waals surface area contributed by atoms with Gasteiger partial charge in [-0.3, -0.25) is 24.2 Å². The second-order valence-electron chi connectivity index (χ2n) is 10.8. The summed E-state index contributed by atoms with van der Waals surface area (Å²) in [5, 5.41) is 59.0. The minimum atomic E-state index is -2.78. The van der Waals surface area contributed by atoms with Crippen LogP contribution in [0.15, 0.2) is 35.1 Å². The summed E-state index contributed by atoms with van der Waals surface area (Å²) in [5.41, 5.74) is -5.78. The van der Waals surface area contributed by atoms with Gasteiger partial charge in [-0.15, -0.1) is 23.2 Å². The summed E-state index contributed by atoms with van der Waals surface area (Å²) in [6.07, 6.45) is -0.212. The largest absolute Gasteiger partial charge is 0.508 e. The van der Waals surface area contributed by atoms with Crippen LogP contribution in [0, 0.1) is 11.8 Å². The number of phenols is 1. The van der Waals surface area contributed by atoms with Crippen LogP contribution in [0.25, 0.3) is 5.76 Å². The molecule has 13 heteroatoms. The molecule has 11 nitrogen and oxygen atoms in total. The molecule has 0 aromatic heterocycles. The van der Waals surface area contributed by atoms with Gasteiger partial charge in [0.05, 0.1) is 23.9 Å². The first-order valence-corrected chi connectivity index (χ1v) is 13.8. The van der Waals surface area contributed by atoms with E-state index >= 15 is 0 Å². The van der Waals surface area contributed by atoms with Crippen LogP contribution in [0.4, 0.5) is 0 Å². The lowest BCUT2D eigenvalue weighted by molar-refractivity contribution is -0.159. The molecule has 0 heterocycles. The number of fused-ring (bicyclic) bond motifs is 3. The molecule has 6 N–H and O–H groups in total. The first-order chi connectivity index (χ1) is 18.7. The predicted octanol–water partition coefficient (Wildman–Crippen LogP) is 0.997. The minimum absolute atomic E-state index is 0.0717. The van der Waals surface area contributed by atoms with Crippen molar-refractivity contribution in [3.8, 4) is 5.75 Å². The molecule has 1 aromatic rings. The lowest BCUT2D eigenvalue weighted by atomic mass is 9.54. The molecule has 1 saturated carbocycles. The van der Waals surface area contributed by atoms with Crippen LogP contribution in [0.1, 0.15) is 24.5 Å². The second-order valence-corrected chi connectivity index (χ2v) is 11.5. The van der Waals surface area contributed by atoms with Gasteiger partial charge in [-0.05, 0) is 39.1 Å². The lowest BCUT2D eigenvalue weighted by Crippen LogP contribution is -2.67. The number of nitrogens with zero attached hydrogens (tertiary/aromatic N) is 2. The van der Waals surface area contributed by atoms with E-state index in [2.05, 4.69) is 5.32 Å². The van der Waals surface area contributed by atoms with Crippen LogP contribution >= 0.6 is 23.2 Å². The SMILES string of the molecule is CN(C)C1C(=O)C(C(=O)NCN(CCCl)CCCl)=C(O)C2(O)C(=O)C3=C(O)c4c(O)cccc4C(C)(O)C3CC12. The number of hydrogen-bond donors (Lipinski definition) is 6. The van der Waals surface area contributed by atoms with Crippen LogP contribution in [0.3, 0.4) is 0 Å². The van der Waals surface area contributed by atoms with Crippen molar-refractivity contribution in [2.24, 2.45) is 11.8 Å². The molecule has 1 aromatic carbocycles. The molecule has 218 valence electrons. The number of carbonyl (C=O) groups excluding carboxylic acids is 3. The summed E-state index contributed by atoms with van der Waals surface area (Å²) in [6, 6.07) is 3.02. The number of ketones is 2. The highest BCUT2D eigenvalue weighted by Gasteiger charge is 2.66. The molecular weight excluding hydrogens is 565 g/mol. The first-order valence-electron chi connectivity index (χ1n) is 12.8. The number of carbonyl (C=O) groups is 3. The van der Waals surface area contributed by atoms with Crippen molar-refractivity contribution in [1.82, 2.24) is 15.1 Å². The highest BCUT2D eigenvalue weighted by Crippen LogP contribution is 2.57. The van der Waals surface area contributed by atoms with Crippen LogP contribution in [-0.2, 0) is 20.0 Å². The number of hydrogen-bond acceptors (Lipinski definition) is 10. The molecule has 0 radical (unpaired) electrons. The Kier molecular flexibility index (Phi) is 8.30. The molecule has 3 aliphatic carbocycles. The van der Waals surface area contributed by atoms with E-state index in [1.54, 1.807) is 4.90 Å². The Morgan fingerprint density at radius 3 is 2.30 bits per heavy atom. The molecule has 3 aliphatic rings. The number of Topliss-reactive ketones (excluding diaryl/α,β-unsaturated/α-hetero) is 2. The van der Waals surface area contributed by atoms with Gasteiger partial charge >= 0.3 is 0 Å². The van der Waals surface area contributed by atoms with Crippen molar-refractivity contribution in [1.29, 1.82) is 0 Å². The number of benzene rings is 1. The molecular formula is C27H33Cl2N3O8. The summed E-state index contributed by atoms with van der Waals surface area (Å²) in [7, 11) is 3.06. The summed E-state index contributed by atoms with van der Waals surface area (Å²) >= 11 is 11.6. The summed E-state index contributed by atoms with van der Waals surface area (Å²) < 4.78 is 0. The van der Waals surface area contributed by atoms with Crippen molar-refractivity contribution >= 4 is 46.4 Å². The van der Waals surface area contributed by atoms with Crippen molar-refractivity contribution < 1.29 is 39.9 Å². The lowest BCUT2D eigenvalue weighted by Gasteiger charge is -2.53. The van der Waals surface area contributed by atoms with Gasteiger partial charge in [0.25, 0.3) is 5.91 Å². The third-order valence-corrected chi connectivity index (χ3v) is 8.60. The predicted molar refractivity (Wildman–Crippen MR) is 147 cm³/mol. The Morgan fingerprint density at radius 1 is 1.10 bits per heavy atom. The number of alkyl halides is 2. The average Bonchev–Trinajstić information content (AvgIpc) is 2.88. The molecule has 4 rings (SSSR count). The van der Waals surface area contributed by atoms with E-state index in [0.29, 0.717) is 13.1 Å². The standard InChI is InChI=1S/C27H33Cl2N3O8/c1-26(39)13-5-4-6-16(33)17(13)21(34)18-14(26)11-15-20(31(2)3)22(35)19(24(37)27(15,40)23(18)36)25(38)30-12-32(9-7-28)10-8-29/h4-6,14-15,20,33-34,37,39-40H,7-12H2,1-3H3,(H,30,38). The van der Waals surface area contributed by atoms with E-state index in [9.17, 15) is 39.9 Å². The van der Waals surface area contributed by atoms with Gasteiger partial charge in [0.2, 0.25) is 5.78 Å². The number of aromatic hydroxyl groups is 1. The zero-order valence-electron chi connectivity index (χ0n) is 22.3. The maximum absolute atomic E-state index is 14.1. The van der Waals surface area contributed by atoms with Crippen LogP contribution in [0.2, 0.25) is 0 Å². The van der Waals surface area contributed by atoms with Crippen molar-refractivity contribution in [2.45, 2.75) is 30.6 Å². The number of rotatable bonds is 8. The molecule has 5 unspecified atom stereocenters. The Morgan fingerprint density at radius 2 is 1.73 bits per heavy atom. The van der Waals surface area contributed by atoms with E-state index in [4.69, 9.17) is 23.2 Å². The van der Waals surface area contributed by atoms with E-state index in [-0.39, 0.29) is 36.0 Å². The average molecular weight is 598 g/mol. The van der Waals surface area contributed by atoms with E-state index < -0.39 is 75.0 Å². The Balaban J connectivity index is 1.85. The van der Waals surface area contributed by atoms with Gasteiger partial charge in [0.15, 0.2) is 11.4 Å². The third kappa shape index (κ3) is 4.49. The highest BCUT2D eigenvalue weighted by atomic mass is 35.5. The smallest absolute Gasteiger partial charge is 0.259 e. The van der Waals surface area contributed by atoms with E-state index in [1.165, 1.54) is 44.1 Å². The van der Waals surface area contributed by atoms with Gasteiger partial charge in [0, 0.05) is 42.3 Å². The number of aliphatic hydroxyl groups is 4. The molecule has 1 fully saturated rings. The number of amides is 1.